The highest BCUT2D eigenvalue weighted by molar-refractivity contribution is 5.94. The second-order valence-electron chi connectivity index (χ2n) is 5.30. The molecule has 0 saturated heterocycles. The van der Waals surface area contributed by atoms with Gasteiger partial charge in [0.1, 0.15) is 5.75 Å². The Morgan fingerprint density at radius 3 is 2.71 bits per heavy atom. The summed E-state index contributed by atoms with van der Waals surface area (Å²) in [4.78, 5) is 11.3. The average Bonchev–Trinajstić information content (AvgIpc) is 2.50. The lowest BCUT2D eigenvalue weighted by Crippen LogP contribution is -2.29. The summed E-state index contributed by atoms with van der Waals surface area (Å²) in [6.45, 7) is 2.71. The highest BCUT2D eigenvalue weighted by Crippen LogP contribution is 2.37. The fourth-order valence-corrected chi connectivity index (χ4v) is 2.68. The van der Waals surface area contributed by atoms with Crippen LogP contribution >= 0.6 is 0 Å². The second-order valence-corrected chi connectivity index (χ2v) is 5.30. The van der Waals surface area contributed by atoms with Crippen LogP contribution < -0.4 is 10.1 Å². The molecule has 2 aromatic carbocycles. The number of benzene rings is 2. The van der Waals surface area contributed by atoms with Crippen molar-refractivity contribution in [1.82, 2.24) is 0 Å². The summed E-state index contributed by atoms with van der Waals surface area (Å²) in [5.41, 5.74) is 1.99. The monoisotopic (exact) mass is 283 g/mol. The molecule has 1 heterocycles. The summed E-state index contributed by atoms with van der Waals surface area (Å²) in [6, 6.07) is 14.9. The Hall–Kier alpha value is -2.49. The van der Waals surface area contributed by atoms with Crippen molar-refractivity contribution < 1.29 is 14.6 Å². The van der Waals surface area contributed by atoms with E-state index in [1.165, 1.54) is 0 Å². The predicted octanol–water partition coefficient (Wildman–Crippen LogP) is 3.57. The molecular formula is C17H17NO3. The Labute approximate surface area is 123 Å². The van der Waals surface area contributed by atoms with Crippen molar-refractivity contribution in [3.63, 3.8) is 0 Å². The Morgan fingerprint density at radius 2 is 1.90 bits per heavy atom. The second kappa shape index (κ2) is 5.48. The smallest absolute Gasteiger partial charge is 0.337 e. The molecule has 0 spiro atoms. The van der Waals surface area contributed by atoms with E-state index in [-0.39, 0.29) is 17.5 Å². The van der Waals surface area contributed by atoms with Gasteiger partial charge in [-0.05, 0) is 18.2 Å². The highest BCUT2D eigenvalue weighted by Gasteiger charge is 2.28. The zero-order valence-electron chi connectivity index (χ0n) is 11.7. The predicted molar refractivity (Wildman–Crippen MR) is 80.9 cm³/mol. The summed E-state index contributed by atoms with van der Waals surface area (Å²) < 4.78 is 5.73. The topological polar surface area (TPSA) is 58.6 Å². The van der Waals surface area contributed by atoms with Gasteiger partial charge in [-0.1, -0.05) is 37.3 Å². The van der Waals surface area contributed by atoms with Crippen LogP contribution in [0.1, 0.15) is 28.9 Å². The Kier molecular flexibility index (Phi) is 3.52. The van der Waals surface area contributed by atoms with E-state index in [4.69, 9.17) is 4.74 Å². The molecular weight excluding hydrogens is 266 g/mol. The summed E-state index contributed by atoms with van der Waals surface area (Å²) >= 11 is 0. The van der Waals surface area contributed by atoms with Crippen LogP contribution in [0.4, 0.5) is 5.69 Å². The van der Waals surface area contributed by atoms with E-state index in [1.54, 1.807) is 18.2 Å². The van der Waals surface area contributed by atoms with Crippen molar-refractivity contribution in [1.29, 1.82) is 0 Å². The molecule has 2 aromatic rings. The van der Waals surface area contributed by atoms with E-state index in [2.05, 4.69) is 12.2 Å². The van der Waals surface area contributed by atoms with Crippen LogP contribution in [0.3, 0.4) is 0 Å². The van der Waals surface area contributed by atoms with Gasteiger partial charge >= 0.3 is 5.97 Å². The van der Waals surface area contributed by atoms with Gasteiger partial charge in [0.05, 0.1) is 18.2 Å². The number of ether oxygens (including phenoxy) is 1. The highest BCUT2D eigenvalue weighted by atomic mass is 16.5. The van der Waals surface area contributed by atoms with E-state index in [0.29, 0.717) is 12.3 Å². The maximum absolute atomic E-state index is 11.3. The number of carboxylic acids is 1. The van der Waals surface area contributed by atoms with E-state index in [0.717, 1.165) is 11.3 Å². The Balaban J connectivity index is 1.97. The summed E-state index contributed by atoms with van der Waals surface area (Å²) in [6.07, 6.45) is 0. The minimum absolute atomic E-state index is 0.0375. The quantitative estimate of drug-likeness (QED) is 0.904. The van der Waals surface area contributed by atoms with Crippen LogP contribution in [0.2, 0.25) is 0 Å². The summed E-state index contributed by atoms with van der Waals surface area (Å²) in [5.74, 6) is 0.189. The van der Waals surface area contributed by atoms with Crippen molar-refractivity contribution in [2.45, 2.75) is 13.0 Å². The molecule has 1 aliphatic rings. The van der Waals surface area contributed by atoms with E-state index in [1.807, 2.05) is 30.3 Å². The van der Waals surface area contributed by atoms with Gasteiger partial charge in [-0.3, -0.25) is 0 Å². The van der Waals surface area contributed by atoms with Crippen molar-refractivity contribution in [2.75, 3.05) is 11.9 Å². The maximum Gasteiger partial charge on any atom is 0.337 e. The van der Waals surface area contributed by atoms with Crippen molar-refractivity contribution >= 4 is 11.7 Å². The molecule has 4 nitrogen and oxygen atoms in total. The van der Waals surface area contributed by atoms with Gasteiger partial charge in [0.2, 0.25) is 0 Å². The van der Waals surface area contributed by atoms with Gasteiger partial charge < -0.3 is 15.2 Å². The lowest BCUT2D eigenvalue weighted by atomic mass is 9.91. The number of fused-ring (bicyclic) bond motifs is 1. The van der Waals surface area contributed by atoms with Crippen molar-refractivity contribution in [3.05, 3.63) is 59.7 Å². The van der Waals surface area contributed by atoms with Gasteiger partial charge in [0, 0.05) is 17.2 Å². The number of nitrogens with one attached hydrogen (secondary N) is 1. The molecule has 0 saturated carbocycles. The van der Waals surface area contributed by atoms with Crippen LogP contribution in [0.15, 0.2) is 48.5 Å². The molecule has 0 radical (unpaired) electrons. The zero-order valence-corrected chi connectivity index (χ0v) is 11.7. The fraction of sp³-hybridized carbons (Fsp3) is 0.235. The number of anilines is 1. The van der Waals surface area contributed by atoms with Gasteiger partial charge in [-0.25, -0.2) is 4.79 Å². The molecule has 3 rings (SSSR count). The van der Waals surface area contributed by atoms with E-state index >= 15 is 0 Å². The van der Waals surface area contributed by atoms with E-state index in [9.17, 15) is 9.90 Å². The summed E-state index contributed by atoms with van der Waals surface area (Å²) in [5, 5.41) is 12.7. The van der Waals surface area contributed by atoms with Crippen LogP contribution in [-0.4, -0.2) is 17.7 Å². The first-order valence-corrected chi connectivity index (χ1v) is 6.97. The lowest BCUT2D eigenvalue weighted by Gasteiger charge is -2.33. The first-order valence-electron chi connectivity index (χ1n) is 6.97. The summed E-state index contributed by atoms with van der Waals surface area (Å²) in [7, 11) is 0. The largest absolute Gasteiger partial charge is 0.493 e. The number of carboxylic acid groups (broad SMARTS) is 1. The number of para-hydroxylation sites is 2. The number of rotatable bonds is 3. The van der Waals surface area contributed by atoms with Crippen LogP contribution in [-0.2, 0) is 0 Å². The molecule has 0 fully saturated rings. The molecule has 2 N–H and O–H groups in total. The van der Waals surface area contributed by atoms with Crippen LogP contribution in [0.5, 0.6) is 5.75 Å². The maximum atomic E-state index is 11.3. The molecule has 108 valence electrons. The molecule has 0 bridgehead atoms. The number of hydrogen-bond donors (Lipinski definition) is 2. The molecule has 4 heteroatoms. The lowest BCUT2D eigenvalue weighted by molar-refractivity contribution is 0.0698. The van der Waals surface area contributed by atoms with Crippen LogP contribution in [0, 0.1) is 5.92 Å². The van der Waals surface area contributed by atoms with Crippen molar-refractivity contribution in [2.24, 2.45) is 5.92 Å². The number of carbonyl (C=O) groups is 1. The van der Waals surface area contributed by atoms with Crippen molar-refractivity contribution in [3.8, 4) is 5.75 Å². The minimum atomic E-state index is -0.925. The zero-order chi connectivity index (χ0) is 14.8. The van der Waals surface area contributed by atoms with Gasteiger partial charge in [0.15, 0.2) is 0 Å². The molecule has 2 unspecified atom stereocenters. The standard InChI is InChI=1S/C17H17NO3/c1-11-10-21-15-9-5-3-7-13(15)16(11)18-14-8-4-2-6-12(14)17(19)20/h2-9,11,16,18H,10H2,1H3,(H,19,20). The molecule has 0 aliphatic carbocycles. The average molecular weight is 283 g/mol. The molecule has 0 amide bonds. The van der Waals surface area contributed by atoms with Crippen LogP contribution in [0.25, 0.3) is 0 Å². The normalized spacial score (nSPS) is 20.2. The number of aromatic carboxylic acids is 1. The molecule has 1 aliphatic heterocycles. The van der Waals surface area contributed by atoms with E-state index < -0.39 is 5.97 Å². The van der Waals surface area contributed by atoms with Gasteiger partial charge in [-0.15, -0.1) is 0 Å². The third-order valence-corrected chi connectivity index (χ3v) is 3.79. The fourth-order valence-electron chi connectivity index (χ4n) is 2.68. The molecule has 2 atom stereocenters. The number of hydrogen-bond acceptors (Lipinski definition) is 3. The molecule has 0 aromatic heterocycles. The third kappa shape index (κ3) is 2.57. The van der Waals surface area contributed by atoms with Gasteiger partial charge in [0.25, 0.3) is 0 Å². The third-order valence-electron chi connectivity index (χ3n) is 3.79. The minimum Gasteiger partial charge on any atom is -0.493 e. The molecule has 21 heavy (non-hydrogen) atoms. The SMILES string of the molecule is CC1COc2ccccc2C1Nc1ccccc1C(=O)O. The van der Waals surface area contributed by atoms with Gasteiger partial charge in [-0.2, -0.15) is 0 Å². The first-order chi connectivity index (χ1) is 10.2. The Morgan fingerprint density at radius 1 is 1.19 bits per heavy atom. The first kappa shape index (κ1) is 13.5. The Bertz CT molecular complexity index is 669.